The van der Waals surface area contributed by atoms with Crippen LogP contribution in [0, 0.1) is 11.3 Å². The van der Waals surface area contributed by atoms with Gasteiger partial charge in [0.1, 0.15) is 11.6 Å². The van der Waals surface area contributed by atoms with Gasteiger partial charge in [-0.1, -0.05) is 16.8 Å². The van der Waals surface area contributed by atoms with Crippen LogP contribution in [0.15, 0.2) is 36.4 Å². The van der Waals surface area contributed by atoms with Crippen LogP contribution in [0.1, 0.15) is 15.9 Å². The van der Waals surface area contributed by atoms with Gasteiger partial charge >= 0.3 is 5.97 Å². The zero-order valence-electron chi connectivity index (χ0n) is 10.5. The number of halogens is 1. The molecule has 3 aromatic rings. The lowest BCUT2D eigenvalue weighted by Gasteiger charge is -2.05. The first-order valence-corrected chi connectivity index (χ1v) is 6.27. The Morgan fingerprint density at radius 3 is 2.81 bits per heavy atom. The van der Waals surface area contributed by atoms with E-state index in [0.717, 1.165) is 0 Å². The summed E-state index contributed by atoms with van der Waals surface area (Å²) in [4.78, 5) is 11.1. The summed E-state index contributed by atoms with van der Waals surface area (Å²) in [6.07, 6.45) is 0. The highest BCUT2D eigenvalue weighted by molar-refractivity contribution is 6.30. The van der Waals surface area contributed by atoms with Gasteiger partial charge in [-0.05, 0) is 36.4 Å². The summed E-state index contributed by atoms with van der Waals surface area (Å²) in [5.74, 6) is -1.05. The van der Waals surface area contributed by atoms with Crippen molar-refractivity contribution < 1.29 is 9.90 Å². The molecule has 0 spiro atoms. The van der Waals surface area contributed by atoms with Gasteiger partial charge in [-0.25, -0.2) is 9.48 Å². The molecule has 7 heteroatoms. The Balaban J connectivity index is 2.31. The Kier molecular flexibility index (Phi) is 3.05. The van der Waals surface area contributed by atoms with Crippen molar-refractivity contribution in [1.29, 1.82) is 5.26 Å². The lowest BCUT2D eigenvalue weighted by Crippen LogP contribution is -2.01. The molecule has 0 aliphatic rings. The molecule has 102 valence electrons. The molecule has 0 fully saturated rings. The van der Waals surface area contributed by atoms with E-state index in [1.54, 1.807) is 24.3 Å². The minimum atomic E-state index is -1.05. The van der Waals surface area contributed by atoms with E-state index >= 15 is 0 Å². The van der Waals surface area contributed by atoms with Gasteiger partial charge in [0.25, 0.3) is 0 Å². The second-order valence-electron chi connectivity index (χ2n) is 4.28. The quantitative estimate of drug-likeness (QED) is 0.785. The van der Waals surface area contributed by atoms with Crippen LogP contribution in [0.25, 0.3) is 16.7 Å². The molecule has 2 aromatic carbocycles. The summed E-state index contributed by atoms with van der Waals surface area (Å²) >= 11 is 5.96. The minimum absolute atomic E-state index is 0.117. The molecule has 0 saturated heterocycles. The van der Waals surface area contributed by atoms with Crippen molar-refractivity contribution in [3.8, 4) is 11.8 Å². The van der Waals surface area contributed by atoms with E-state index in [0.29, 0.717) is 27.3 Å². The summed E-state index contributed by atoms with van der Waals surface area (Å²) in [6.45, 7) is 0. The van der Waals surface area contributed by atoms with Crippen molar-refractivity contribution in [1.82, 2.24) is 15.0 Å². The monoisotopic (exact) mass is 298 g/mol. The smallest absolute Gasteiger partial charge is 0.335 e. The second-order valence-corrected chi connectivity index (χ2v) is 4.72. The number of rotatable bonds is 2. The molecule has 0 aliphatic carbocycles. The number of hydrogen-bond acceptors (Lipinski definition) is 4. The van der Waals surface area contributed by atoms with Crippen molar-refractivity contribution in [2.45, 2.75) is 0 Å². The van der Waals surface area contributed by atoms with E-state index in [-0.39, 0.29) is 5.56 Å². The number of fused-ring (bicyclic) bond motifs is 1. The third-order valence-electron chi connectivity index (χ3n) is 3.00. The number of benzene rings is 2. The Morgan fingerprint density at radius 1 is 1.29 bits per heavy atom. The molecule has 1 N–H and O–H groups in total. The molecule has 0 radical (unpaired) electrons. The summed E-state index contributed by atoms with van der Waals surface area (Å²) in [6, 6.07) is 11.3. The molecule has 6 nitrogen and oxygen atoms in total. The fourth-order valence-corrected chi connectivity index (χ4v) is 2.17. The molecule has 21 heavy (non-hydrogen) atoms. The van der Waals surface area contributed by atoms with Crippen molar-refractivity contribution in [2.24, 2.45) is 0 Å². The first kappa shape index (κ1) is 13.1. The predicted molar refractivity (Wildman–Crippen MR) is 75.5 cm³/mol. The molecule has 1 heterocycles. The van der Waals surface area contributed by atoms with Gasteiger partial charge < -0.3 is 5.11 Å². The lowest BCUT2D eigenvalue weighted by atomic mass is 10.1. The van der Waals surface area contributed by atoms with Crippen LogP contribution < -0.4 is 0 Å². The highest BCUT2D eigenvalue weighted by Crippen LogP contribution is 2.23. The fraction of sp³-hybridized carbons (Fsp3) is 0. The van der Waals surface area contributed by atoms with E-state index in [9.17, 15) is 10.1 Å². The molecule has 0 bridgehead atoms. The molecular formula is C14H7ClN4O2. The third-order valence-corrected chi connectivity index (χ3v) is 3.24. The first-order chi connectivity index (χ1) is 10.1. The maximum atomic E-state index is 11.1. The van der Waals surface area contributed by atoms with E-state index < -0.39 is 5.97 Å². The molecular weight excluding hydrogens is 292 g/mol. The number of nitriles is 1. The Morgan fingerprint density at radius 2 is 2.10 bits per heavy atom. The lowest BCUT2D eigenvalue weighted by molar-refractivity contribution is 0.0697. The van der Waals surface area contributed by atoms with Gasteiger partial charge in [-0.3, -0.25) is 0 Å². The zero-order valence-corrected chi connectivity index (χ0v) is 11.2. The topological polar surface area (TPSA) is 91.8 Å². The summed E-state index contributed by atoms with van der Waals surface area (Å²) < 4.78 is 1.41. The van der Waals surface area contributed by atoms with Crippen molar-refractivity contribution in [2.75, 3.05) is 0 Å². The van der Waals surface area contributed by atoms with Crippen LogP contribution in [0.4, 0.5) is 0 Å². The van der Waals surface area contributed by atoms with Crippen LogP contribution in [0.3, 0.4) is 0 Å². The Bertz CT molecular complexity index is 911. The number of hydrogen-bond donors (Lipinski definition) is 1. The standard InChI is InChI=1S/C14H7ClN4O2/c15-10-3-1-9(7-16)12(6-10)19-13-5-8(14(20)21)2-4-11(13)17-18-19/h1-6H,(H,20,21). The number of carbonyl (C=O) groups is 1. The van der Waals surface area contributed by atoms with E-state index in [4.69, 9.17) is 16.7 Å². The van der Waals surface area contributed by atoms with Gasteiger partial charge in [0.15, 0.2) is 0 Å². The van der Waals surface area contributed by atoms with Gasteiger partial charge in [0.2, 0.25) is 0 Å². The molecule has 0 aliphatic heterocycles. The highest BCUT2D eigenvalue weighted by Gasteiger charge is 2.13. The van der Waals surface area contributed by atoms with E-state index in [1.807, 2.05) is 6.07 Å². The average Bonchev–Trinajstić information content (AvgIpc) is 2.89. The molecule has 0 saturated carbocycles. The predicted octanol–water partition coefficient (Wildman–Crippen LogP) is 2.64. The van der Waals surface area contributed by atoms with Crippen LogP contribution >= 0.6 is 11.6 Å². The second kappa shape index (κ2) is 4.89. The van der Waals surface area contributed by atoms with Crippen molar-refractivity contribution >= 4 is 28.6 Å². The van der Waals surface area contributed by atoms with Crippen LogP contribution in [-0.4, -0.2) is 26.1 Å². The van der Waals surface area contributed by atoms with Crippen LogP contribution in [-0.2, 0) is 0 Å². The third kappa shape index (κ3) is 2.20. The molecule has 0 atom stereocenters. The minimum Gasteiger partial charge on any atom is -0.478 e. The Labute approximate surface area is 123 Å². The molecule has 3 rings (SSSR count). The summed E-state index contributed by atoms with van der Waals surface area (Å²) in [7, 11) is 0. The number of aromatic nitrogens is 3. The van der Waals surface area contributed by atoms with Gasteiger partial charge in [-0.15, -0.1) is 5.10 Å². The SMILES string of the molecule is N#Cc1ccc(Cl)cc1-n1nnc2ccc(C(=O)O)cc21. The molecule has 0 unspecified atom stereocenters. The number of carboxylic acid groups (broad SMARTS) is 1. The van der Waals surface area contributed by atoms with Gasteiger partial charge in [-0.2, -0.15) is 5.26 Å². The first-order valence-electron chi connectivity index (χ1n) is 5.89. The normalized spacial score (nSPS) is 10.5. The maximum Gasteiger partial charge on any atom is 0.335 e. The maximum absolute atomic E-state index is 11.1. The fourth-order valence-electron chi connectivity index (χ4n) is 2.00. The number of carboxylic acids is 1. The number of aromatic carboxylic acids is 1. The van der Waals surface area contributed by atoms with E-state index in [1.165, 1.54) is 16.8 Å². The molecule has 1 aromatic heterocycles. The van der Waals surface area contributed by atoms with Crippen molar-refractivity contribution in [3.63, 3.8) is 0 Å². The van der Waals surface area contributed by atoms with Crippen molar-refractivity contribution in [3.05, 3.63) is 52.5 Å². The highest BCUT2D eigenvalue weighted by atomic mass is 35.5. The number of nitrogens with zero attached hydrogens (tertiary/aromatic N) is 4. The van der Waals surface area contributed by atoms with Gasteiger partial charge in [0.05, 0.1) is 22.3 Å². The average molecular weight is 299 g/mol. The summed E-state index contributed by atoms with van der Waals surface area (Å²) in [5.41, 5.74) is 1.96. The van der Waals surface area contributed by atoms with E-state index in [2.05, 4.69) is 10.3 Å². The molecule has 0 amide bonds. The zero-order chi connectivity index (χ0) is 15.0. The van der Waals surface area contributed by atoms with Crippen LogP contribution in [0.2, 0.25) is 5.02 Å². The summed E-state index contributed by atoms with van der Waals surface area (Å²) in [5, 5.41) is 26.6. The largest absolute Gasteiger partial charge is 0.478 e. The van der Waals surface area contributed by atoms with Gasteiger partial charge in [0, 0.05) is 5.02 Å². The Hall–Kier alpha value is -2.91. The van der Waals surface area contributed by atoms with Crippen LogP contribution in [0.5, 0.6) is 0 Å².